The molecule has 1 saturated heterocycles. The van der Waals surface area contributed by atoms with Crippen LogP contribution >= 0.6 is 0 Å². The number of carbonyl (C=O) groups is 2. The van der Waals surface area contributed by atoms with Gasteiger partial charge in [0.15, 0.2) is 5.76 Å². The molecule has 0 saturated carbocycles. The van der Waals surface area contributed by atoms with Gasteiger partial charge in [0.25, 0.3) is 5.91 Å². The fourth-order valence-electron chi connectivity index (χ4n) is 3.40. The maximum atomic E-state index is 12.6. The average molecular weight is 342 g/mol. The fourth-order valence-corrected chi connectivity index (χ4v) is 3.40. The van der Waals surface area contributed by atoms with Crippen molar-refractivity contribution >= 4 is 22.8 Å². The van der Waals surface area contributed by atoms with Gasteiger partial charge in [-0.05, 0) is 70.2 Å². The first-order chi connectivity index (χ1) is 11.9. The normalized spacial score (nSPS) is 16.1. The number of amides is 2. The Kier molecular flexibility index (Phi) is 4.84. The van der Waals surface area contributed by atoms with Crippen LogP contribution in [0.5, 0.6) is 0 Å². The summed E-state index contributed by atoms with van der Waals surface area (Å²) in [6.45, 7) is 9.24. The maximum Gasteiger partial charge on any atom is 0.287 e. The molecule has 0 radical (unpaired) electrons. The number of fused-ring (bicyclic) bond motifs is 1. The van der Waals surface area contributed by atoms with Crippen LogP contribution in [0.1, 0.15) is 53.4 Å². The summed E-state index contributed by atoms with van der Waals surface area (Å²) in [6, 6.07) is 3.45. The molecular formula is C20H26N2O3. The van der Waals surface area contributed by atoms with Gasteiger partial charge in [-0.1, -0.05) is 0 Å². The van der Waals surface area contributed by atoms with E-state index in [9.17, 15) is 9.59 Å². The van der Waals surface area contributed by atoms with Gasteiger partial charge in [0.05, 0.1) is 0 Å². The van der Waals surface area contributed by atoms with Gasteiger partial charge in [-0.15, -0.1) is 0 Å². The molecule has 1 atom stereocenters. The lowest BCUT2D eigenvalue weighted by Gasteiger charge is -2.29. The number of rotatable bonds is 3. The highest BCUT2D eigenvalue weighted by Crippen LogP contribution is 2.28. The second-order valence-corrected chi connectivity index (χ2v) is 7.07. The lowest BCUT2D eigenvalue weighted by Crippen LogP contribution is -2.48. The van der Waals surface area contributed by atoms with Crippen molar-refractivity contribution in [1.29, 1.82) is 0 Å². The van der Waals surface area contributed by atoms with Crippen LogP contribution in [0, 0.1) is 20.8 Å². The first kappa shape index (κ1) is 17.5. The summed E-state index contributed by atoms with van der Waals surface area (Å²) in [7, 11) is 0. The van der Waals surface area contributed by atoms with Gasteiger partial charge in [0.2, 0.25) is 5.91 Å². The number of carbonyl (C=O) groups excluding carboxylic acids is 2. The number of piperidine rings is 1. The number of nitrogens with one attached hydrogen (secondary N) is 1. The molecule has 0 bridgehead atoms. The Morgan fingerprint density at radius 3 is 2.40 bits per heavy atom. The van der Waals surface area contributed by atoms with Crippen molar-refractivity contribution in [3.05, 3.63) is 34.6 Å². The number of benzene rings is 1. The smallest absolute Gasteiger partial charge is 0.287 e. The molecule has 1 aliphatic heterocycles. The molecule has 1 unspecified atom stereocenters. The minimum absolute atomic E-state index is 0.0199. The van der Waals surface area contributed by atoms with E-state index in [1.807, 2.05) is 37.8 Å². The number of likely N-dealkylation sites (tertiary alicyclic amines) is 1. The van der Waals surface area contributed by atoms with Crippen molar-refractivity contribution in [2.24, 2.45) is 0 Å². The van der Waals surface area contributed by atoms with Gasteiger partial charge in [0.1, 0.15) is 11.6 Å². The van der Waals surface area contributed by atoms with Crippen LogP contribution in [-0.2, 0) is 4.79 Å². The van der Waals surface area contributed by atoms with E-state index in [0.717, 1.165) is 48.0 Å². The molecule has 1 fully saturated rings. The Hall–Kier alpha value is -2.30. The van der Waals surface area contributed by atoms with Crippen molar-refractivity contribution < 1.29 is 14.0 Å². The van der Waals surface area contributed by atoms with Gasteiger partial charge in [0, 0.05) is 24.0 Å². The van der Waals surface area contributed by atoms with Crippen LogP contribution in [0.3, 0.4) is 0 Å². The highest BCUT2D eigenvalue weighted by molar-refractivity contribution is 6.01. The minimum atomic E-state index is -0.554. The molecule has 1 aromatic heterocycles. The zero-order valence-corrected chi connectivity index (χ0v) is 15.4. The summed E-state index contributed by atoms with van der Waals surface area (Å²) in [4.78, 5) is 27.0. The Labute approximate surface area is 148 Å². The molecule has 3 rings (SSSR count). The third-order valence-corrected chi connectivity index (χ3v) is 5.14. The predicted molar refractivity (Wildman–Crippen MR) is 97.8 cm³/mol. The molecular weight excluding hydrogens is 316 g/mol. The number of hydrogen-bond acceptors (Lipinski definition) is 3. The monoisotopic (exact) mass is 342 g/mol. The number of furan rings is 1. The standard InChI is InChI=1S/C20H26N2O3/c1-12-10-16-14(3)18(25-17(16)11-13(12)2)19(23)21-15(4)20(24)22-8-6-5-7-9-22/h10-11,15H,5-9H2,1-4H3,(H,21,23). The van der Waals surface area contributed by atoms with Gasteiger partial charge < -0.3 is 14.6 Å². The predicted octanol–water partition coefficient (Wildman–Crippen LogP) is 3.49. The second-order valence-electron chi connectivity index (χ2n) is 7.07. The van der Waals surface area contributed by atoms with E-state index in [1.165, 1.54) is 6.42 Å². The van der Waals surface area contributed by atoms with Gasteiger partial charge >= 0.3 is 0 Å². The van der Waals surface area contributed by atoms with Crippen LogP contribution in [-0.4, -0.2) is 35.8 Å². The van der Waals surface area contributed by atoms with Gasteiger partial charge in [-0.25, -0.2) is 0 Å². The average Bonchev–Trinajstić information content (AvgIpc) is 2.91. The van der Waals surface area contributed by atoms with E-state index in [0.29, 0.717) is 11.3 Å². The Morgan fingerprint density at radius 2 is 1.72 bits per heavy atom. The van der Waals surface area contributed by atoms with Crippen LogP contribution in [0.15, 0.2) is 16.5 Å². The van der Waals surface area contributed by atoms with Gasteiger partial charge in [-0.3, -0.25) is 9.59 Å². The number of nitrogens with zero attached hydrogens (tertiary/aromatic N) is 1. The molecule has 25 heavy (non-hydrogen) atoms. The minimum Gasteiger partial charge on any atom is -0.451 e. The van der Waals surface area contributed by atoms with Crippen molar-refractivity contribution in [2.45, 2.75) is 53.0 Å². The summed E-state index contributed by atoms with van der Waals surface area (Å²) >= 11 is 0. The van der Waals surface area contributed by atoms with Crippen molar-refractivity contribution in [3.63, 3.8) is 0 Å². The van der Waals surface area contributed by atoms with Crippen LogP contribution < -0.4 is 5.32 Å². The molecule has 134 valence electrons. The zero-order chi connectivity index (χ0) is 18.1. The first-order valence-corrected chi connectivity index (χ1v) is 8.98. The number of hydrogen-bond donors (Lipinski definition) is 1. The van der Waals surface area contributed by atoms with E-state index in [4.69, 9.17) is 4.42 Å². The molecule has 1 aromatic carbocycles. The Morgan fingerprint density at radius 1 is 1.08 bits per heavy atom. The second kappa shape index (κ2) is 6.90. The lowest BCUT2D eigenvalue weighted by atomic mass is 10.0. The van der Waals surface area contributed by atoms with E-state index in [-0.39, 0.29) is 11.8 Å². The van der Waals surface area contributed by atoms with Crippen LogP contribution in [0.25, 0.3) is 11.0 Å². The topological polar surface area (TPSA) is 62.6 Å². The molecule has 2 aromatic rings. The molecule has 5 heteroatoms. The summed E-state index contributed by atoms with van der Waals surface area (Å²) in [5, 5.41) is 3.75. The van der Waals surface area contributed by atoms with Crippen molar-refractivity contribution in [1.82, 2.24) is 10.2 Å². The van der Waals surface area contributed by atoms with Gasteiger partial charge in [-0.2, -0.15) is 0 Å². The first-order valence-electron chi connectivity index (χ1n) is 8.98. The van der Waals surface area contributed by atoms with E-state index >= 15 is 0 Å². The van der Waals surface area contributed by atoms with Crippen LogP contribution in [0.4, 0.5) is 0 Å². The number of aryl methyl sites for hydroxylation is 3. The Bertz CT molecular complexity index is 816. The Balaban J connectivity index is 1.77. The van der Waals surface area contributed by atoms with E-state index < -0.39 is 6.04 Å². The molecule has 0 spiro atoms. The third-order valence-electron chi connectivity index (χ3n) is 5.14. The third kappa shape index (κ3) is 3.41. The maximum absolute atomic E-state index is 12.6. The van der Waals surface area contributed by atoms with Crippen molar-refractivity contribution in [2.75, 3.05) is 13.1 Å². The SMILES string of the molecule is Cc1cc2oc(C(=O)NC(C)C(=O)N3CCCCC3)c(C)c2cc1C. The largest absolute Gasteiger partial charge is 0.451 e. The summed E-state index contributed by atoms with van der Waals surface area (Å²) in [5.41, 5.74) is 3.81. The molecule has 0 aliphatic carbocycles. The molecule has 1 N–H and O–H groups in total. The molecule has 5 nitrogen and oxygen atoms in total. The quantitative estimate of drug-likeness (QED) is 0.929. The lowest BCUT2D eigenvalue weighted by molar-refractivity contribution is -0.133. The van der Waals surface area contributed by atoms with Crippen LogP contribution in [0.2, 0.25) is 0 Å². The molecule has 2 amide bonds. The zero-order valence-electron chi connectivity index (χ0n) is 15.4. The highest BCUT2D eigenvalue weighted by Gasteiger charge is 2.26. The fraction of sp³-hybridized carbons (Fsp3) is 0.500. The highest BCUT2D eigenvalue weighted by atomic mass is 16.3. The molecule has 2 heterocycles. The summed E-state index contributed by atoms with van der Waals surface area (Å²) in [5.74, 6) is -0.0614. The summed E-state index contributed by atoms with van der Waals surface area (Å²) in [6.07, 6.45) is 3.24. The van der Waals surface area contributed by atoms with E-state index in [2.05, 4.69) is 5.32 Å². The molecule has 1 aliphatic rings. The summed E-state index contributed by atoms with van der Waals surface area (Å²) < 4.78 is 5.79. The van der Waals surface area contributed by atoms with E-state index in [1.54, 1.807) is 6.92 Å². The van der Waals surface area contributed by atoms with Crippen molar-refractivity contribution in [3.8, 4) is 0 Å².